The van der Waals surface area contributed by atoms with E-state index in [1.807, 2.05) is 48.5 Å². The Bertz CT molecular complexity index is 993. The van der Waals surface area contributed by atoms with Crippen LogP contribution < -0.4 is 5.32 Å². The lowest BCUT2D eigenvalue weighted by Crippen LogP contribution is -2.11. The number of nitrogens with zero attached hydrogens (tertiary/aromatic N) is 1. The SMILES string of the molecule is O=C(OCc1ccccc1)c1cc([N+](=O)[O-])ccc1NCc1ccccc1Cl. The summed E-state index contributed by atoms with van der Waals surface area (Å²) in [6.45, 7) is 0.433. The van der Waals surface area contributed by atoms with E-state index < -0.39 is 10.9 Å². The zero-order valence-electron chi connectivity index (χ0n) is 14.8. The van der Waals surface area contributed by atoms with Crippen LogP contribution in [0.25, 0.3) is 0 Å². The average Bonchev–Trinajstić information content (AvgIpc) is 2.72. The van der Waals surface area contributed by atoms with Crippen LogP contribution in [0.15, 0.2) is 72.8 Å². The first-order valence-electron chi connectivity index (χ1n) is 8.51. The number of benzene rings is 3. The Kier molecular flexibility index (Phi) is 6.24. The molecule has 6 nitrogen and oxygen atoms in total. The van der Waals surface area contributed by atoms with E-state index in [-0.39, 0.29) is 17.9 Å². The second kappa shape index (κ2) is 9.01. The topological polar surface area (TPSA) is 81.5 Å². The standard InChI is InChI=1S/C21H17ClN2O4/c22-19-9-5-4-8-16(19)13-23-20-11-10-17(24(26)27)12-18(20)21(25)28-14-15-6-2-1-3-7-15/h1-12,23H,13-14H2. The summed E-state index contributed by atoms with van der Waals surface area (Å²) in [7, 11) is 0. The lowest BCUT2D eigenvalue weighted by Gasteiger charge is -2.13. The lowest BCUT2D eigenvalue weighted by molar-refractivity contribution is -0.384. The number of nitro groups is 1. The fraction of sp³-hybridized carbons (Fsp3) is 0.0952. The van der Waals surface area contributed by atoms with Crippen LogP contribution >= 0.6 is 11.6 Å². The van der Waals surface area contributed by atoms with Gasteiger partial charge in [0.25, 0.3) is 5.69 Å². The van der Waals surface area contributed by atoms with Gasteiger partial charge in [-0.2, -0.15) is 0 Å². The molecule has 0 aliphatic heterocycles. The van der Waals surface area contributed by atoms with Crippen molar-refractivity contribution in [3.8, 4) is 0 Å². The maximum absolute atomic E-state index is 12.6. The minimum atomic E-state index is -0.644. The van der Waals surface area contributed by atoms with E-state index in [1.54, 1.807) is 6.07 Å². The summed E-state index contributed by atoms with van der Waals surface area (Å²) in [6.07, 6.45) is 0. The molecule has 0 bridgehead atoms. The van der Waals surface area contributed by atoms with Crippen LogP contribution in [0.4, 0.5) is 11.4 Å². The molecule has 0 saturated carbocycles. The van der Waals surface area contributed by atoms with Gasteiger partial charge in [0.15, 0.2) is 0 Å². The number of rotatable bonds is 7. The number of ether oxygens (including phenoxy) is 1. The highest BCUT2D eigenvalue weighted by atomic mass is 35.5. The van der Waals surface area contributed by atoms with Gasteiger partial charge in [-0.3, -0.25) is 10.1 Å². The van der Waals surface area contributed by atoms with Crippen LogP contribution in [-0.2, 0) is 17.9 Å². The van der Waals surface area contributed by atoms with Gasteiger partial charge in [-0.05, 0) is 23.3 Å². The van der Waals surface area contributed by atoms with E-state index in [1.165, 1.54) is 18.2 Å². The summed E-state index contributed by atoms with van der Waals surface area (Å²) in [6, 6.07) is 20.5. The van der Waals surface area contributed by atoms with Crippen molar-refractivity contribution >= 4 is 28.9 Å². The first-order valence-corrected chi connectivity index (χ1v) is 8.89. The van der Waals surface area contributed by atoms with Gasteiger partial charge >= 0.3 is 5.97 Å². The molecule has 0 atom stereocenters. The van der Waals surface area contributed by atoms with Gasteiger partial charge in [-0.1, -0.05) is 60.1 Å². The average molecular weight is 397 g/mol. The minimum Gasteiger partial charge on any atom is -0.457 e. The smallest absolute Gasteiger partial charge is 0.340 e. The Morgan fingerprint density at radius 2 is 1.75 bits per heavy atom. The van der Waals surface area contributed by atoms with E-state index in [4.69, 9.17) is 16.3 Å². The van der Waals surface area contributed by atoms with Gasteiger partial charge < -0.3 is 10.1 Å². The number of carbonyl (C=O) groups is 1. The molecule has 0 saturated heterocycles. The molecule has 7 heteroatoms. The molecule has 28 heavy (non-hydrogen) atoms. The van der Waals surface area contributed by atoms with Gasteiger partial charge in [0.05, 0.1) is 10.5 Å². The normalized spacial score (nSPS) is 10.3. The molecule has 0 radical (unpaired) electrons. The largest absolute Gasteiger partial charge is 0.457 e. The molecule has 3 aromatic carbocycles. The number of hydrogen-bond donors (Lipinski definition) is 1. The molecule has 3 rings (SSSR count). The van der Waals surface area contributed by atoms with Crippen molar-refractivity contribution in [1.82, 2.24) is 0 Å². The predicted octanol–water partition coefficient (Wildman–Crippen LogP) is 5.22. The van der Waals surface area contributed by atoms with Gasteiger partial charge in [-0.15, -0.1) is 0 Å². The minimum absolute atomic E-state index is 0.0757. The molecule has 0 heterocycles. The molecule has 0 aliphatic carbocycles. The number of nitrogens with one attached hydrogen (secondary N) is 1. The number of anilines is 1. The molecule has 142 valence electrons. The van der Waals surface area contributed by atoms with Crippen LogP contribution in [0, 0.1) is 10.1 Å². The summed E-state index contributed by atoms with van der Waals surface area (Å²) >= 11 is 6.16. The fourth-order valence-corrected chi connectivity index (χ4v) is 2.80. The molecular formula is C21H17ClN2O4. The first-order chi connectivity index (χ1) is 13.5. The van der Waals surface area contributed by atoms with Gasteiger partial charge in [0.2, 0.25) is 0 Å². The third kappa shape index (κ3) is 4.86. The molecule has 0 amide bonds. The van der Waals surface area contributed by atoms with Crippen LogP contribution in [0.2, 0.25) is 5.02 Å². The molecule has 0 aromatic heterocycles. The number of halogens is 1. The molecule has 3 aromatic rings. The number of carbonyl (C=O) groups excluding carboxylic acids is 1. The van der Waals surface area contributed by atoms with Crippen molar-refractivity contribution in [3.63, 3.8) is 0 Å². The maximum atomic E-state index is 12.6. The second-order valence-electron chi connectivity index (χ2n) is 5.99. The lowest BCUT2D eigenvalue weighted by atomic mass is 10.1. The van der Waals surface area contributed by atoms with E-state index >= 15 is 0 Å². The van der Waals surface area contributed by atoms with Crippen molar-refractivity contribution in [2.24, 2.45) is 0 Å². The van der Waals surface area contributed by atoms with Gasteiger partial charge in [-0.25, -0.2) is 4.79 Å². The number of nitro benzene ring substituents is 1. The van der Waals surface area contributed by atoms with Gasteiger partial charge in [0.1, 0.15) is 6.61 Å². The zero-order chi connectivity index (χ0) is 19.9. The summed E-state index contributed by atoms with van der Waals surface area (Å²) in [5, 5.41) is 14.8. The van der Waals surface area contributed by atoms with E-state index in [9.17, 15) is 14.9 Å². The van der Waals surface area contributed by atoms with Crippen LogP contribution in [0.5, 0.6) is 0 Å². The van der Waals surface area contributed by atoms with Crippen molar-refractivity contribution in [3.05, 3.63) is 105 Å². The molecule has 0 unspecified atom stereocenters. The summed E-state index contributed by atoms with van der Waals surface area (Å²) in [5.74, 6) is -0.644. The van der Waals surface area contributed by atoms with Crippen molar-refractivity contribution < 1.29 is 14.5 Å². The highest BCUT2D eigenvalue weighted by Gasteiger charge is 2.18. The zero-order valence-corrected chi connectivity index (χ0v) is 15.6. The molecule has 0 spiro atoms. The Labute approximate surface area is 166 Å². The third-order valence-corrected chi connectivity index (χ3v) is 4.44. The van der Waals surface area contributed by atoms with Crippen molar-refractivity contribution in [2.75, 3.05) is 5.32 Å². The first kappa shape index (κ1) is 19.4. The maximum Gasteiger partial charge on any atom is 0.340 e. The highest BCUT2D eigenvalue weighted by molar-refractivity contribution is 6.31. The quantitative estimate of drug-likeness (QED) is 0.336. The van der Waals surface area contributed by atoms with Crippen molar-refractivity contribution in [1.29, 1.82) is 0 Å². The summed E-state index contributed by atoms with van der Waals surface area (Å²) in [5.41, 5.74) is 2.01. The van der Waals surface area contributed by atoms with Gasteiger partial charge in [0, 0.05) is 29.4 Å². The van der Waals surface area contributed by atoms with E-state index in [0.717, 1.165) is 11.1 Å². The Morgan fingerprint density at radius 3 is 2.46 bits per heavy atom. The molecule has 0 aliphatic rings. The van der Waals surface area contributed by atoms with Crippen LogP contribution in [-0.4, -0.2) is 10.9 Å². The van der Waals surface area contributed by atoms with Crippen LogP contribution in [0.3, 0.4) is 0 Å². The summed E-state index contributed by atoms with van der Waals surface area (Å²) in [4.78, 5) is 23.1. The number of hydrogen-bond acceptors (Lipinski definition) is 5. The Hall–Kier alpha value is -3.38. The van der Waals surface area contributed by atoms with Crippen LogP contribution in [0.1, 0.15) is 21.5 Å². The number of esters is 1. The number of non-ortho nitro benzene ring substituents is 1. The molecular weight excluding hydrogens is 380 g/mol. The molecule has 0 fully saturated rings. The Balaban J connectivity index is 1.80. The van der Waals surface area contributed by atoms with E-state index in [0.29, 0.717) is 17.3 Å². The monoisotopic (exact) mass is 396 g/mol. The predicted molar refractivity (Wildman–Crippen MR) is 107 cm³/mol. The fourth-order valence-electron chi connectivity index (χ4n) is 2.60. The third-order valence-electron chi connectivity index (χ3n) is 4.07. The highest BCUT2D eigenvalue weighted by Crippen LogP contribution is 2.25. The molecule has 1 N–H and O–H groups in total. The second-order valence-corrected chi connectivity index (χ2v) is 6.40. The van der Waals surface area contributed by atoms with Crippen molar-refractivity contribution in [2.45, 2.75) is 13.2 Å². The summed E-state index contributed by atoms with van der Waals surface area (Å²) < 4.78 is 5.34. The Morgan fingerprint density at radius 1 is 1.04 bits per heavy atom. The van der Waals surface area contributed by atoms with E-state index in [2.05, 4.69) is 5.32 Å².